The first-order valence-electron chi connectivity index (χ1n) is 12.9. The Morgan fingerprint density at radius 2 is 1.42 bits per heavy atom. The number of fused-ring (bicyclic) bond motifs is 3. The summed E-state index contributed by atoms with van der Waals surface area (Å²) < 4.78 is 12.1. The molecule has 3 heterocycles. The molecule has 0 fully saturated rings. The molecule has 2 aliphatic rings. The first kappa shape index (κ1) is 22.9. The van der Waals surface area contributed by atoms with Crippen LogP contribution in [-0.2, 0) is 0 Å². The van der Waals surface area contributed by atoms with Crippen LogP contribution >= 0.6 is 0 Å². The molecule has 1 aromatic heterocycles. The van der Waals surface area contributed by atoms with Crippen LogP contribution in [0.1, 0.15) is 0 Å². The minimum absolute atomic E-state index is 0.823. The monoisotopic (exact) mass is 555 g/mol. The zero-order valence-electron chi connectivity index (χ0n) is 21.2. The van der Waals surface area contributed by atoms with Gasteiger partial charge in [0.25, 0.3) is 0 Å². The van der Waals surface area contributed by atoms with E-state index in [1.54, 1.807) is 0 Å². The molecular weight excluding hydrogens is 527 g/mol. The molecule has 0 atom stereocenters. The molecule has 0 aliphatic carbocycles. The van der Waals surface area contributed by atoms with Gasteiger partial charge < -0.3 is 0 Å². The Hall–Kier alpha value is -4.29. The van der Waals surface area contributed by atoms with Crippen molar-refractivity contribution >= 4 is 36.5 Å². The first-order valence-corrected chi connectivity index (χ1v) is 17.1. The molecule has 0 bridgehead atoms. The molecule has 0 spiro atoms. The van der Waals surface area contributed by atoms with Gasteiger partial charge in [-0.3, -0.25) is 0 Å². The Labute approximate surface area is 225 Å². The van der Waals surface area contributed by atoms with Crippen molar-refractivity contribution in [2.45, 2.75) is 0 Å². The van der Waals surface area contributed by atoms with Crippen molar-refractivity contribution in [3.63, 3.8) is 0 Å². The maximum absolute atomic E-state index is 6.45. The normalized spacial score (nSPS) is 14.9. The quantitative estimate of drug-likeness (QED) is 0.296. The van der Waals surface area contributed by atoms with Gasteiger partial charge in [-0.1, -0.05) is 0 Å². The van der Waals surface area contributed by atoms with Gasteiger partial charge in [0.2, 0.25) is 0 Å². The summed E-state index contributed by atoms with van der Waals surface area (Å²) in [6.45, 7) is 0.831. The molecule has 0 unspecified atom stereocenters. The Morgan fingerprint density at radius 1 is 0.684 bits per heavy atom. The van der Waals surface area contributed by atoms with Gasteiger partial charge in [0.1, 0.15) is 0 Å². The summed E-state index contributed by atoms with van der Waals surface area (Å²) in [4.78, 5) is 9.29. The van der Waals surface area contributed by atoms with Gasteiger partial charge in [-0.25, -0.2) is 0 Å². The molecule has 4 nitrogen and oxygen atoms in total. The summed E-state index contributed by atoms with van der Waals surface area (Å²) in [6.07, 6.45) is 6.08. The average Bonchev–Trinajstić information content (AvgIpc) is 3.54. The van der Waals surface area contributed by atoms with E-state index in [1.807, 2.05) is 18.3 Å². The van der Waals surface area contributed by atoms with Crippen molar-refractivity contribution in [3.8, 4) is 22.8 Å². The van der Waals surface area contributed by atoms with Crippen LogP contribution in [0.3, 0.4) is 0 Å². The fraction of sp³-hybridized carbons (Fsp3) is 0.0606. The molecule has 38 heavy (non-hydrogen) atoms. The van der Waals surface area contributed by atoms with Crippen molar-refractivity contribution in [2.24, 2.45) is 0 Å². The molecule has 7 rings (SSSR count). The first-order chi connectivity index (χ1) is 18.7. The van der Waals surface area contributed by atoms with E-state index < -0.39 is 13.3 Å². The molecule has 5 aromatic rings. The van der Waals surface area contributed by atoms with Gasteiger partial charge in [-0.2, -0.15) is 0 Å². The summed E-state index contributed by atoms with van der Waals surface area (Å²) in [5.41, 5.74) is 3.38. The van der Waals surface area contributed by atoms with E-state index in [4.69, 9.17) is 9.72 Å². The van der Waals surface area contributed by atoms with E-state index in [0.29, 0.717) is 0 Å². The number of aromatic nitrogens is 1. The second-order valence-electron chi connectivity index (χ2n) is 9.85. The molecule has 0 saturated carbocycles. The Morgan fingerprint density at radius 3 is 2.13 bits per heavy atom. The molecule has 5 heteroatoms. The van der Waals surface area contributed by atoms with Crippen molar-refractivity contribution in [1.29, 1.82) is 0 Å². The molecule has 0 radical (unpaired) electrons. The summed E-state index contributed by atoms with van der Waals surface area (Å²) in [6, 6.07) is 41.4. The van der Waals surface area contributed by atoms with Crippen molar-refractivity contribution in [3.05, 3.63) is 134 Å². The molecule has 2 aliphatic heterocycles. The third-order valence-electron chi connectivity index (χ3n) is 7.54. The van der Waals surface area contributed by atoms with Crippen LogP contribution < -0.4 is 27.2 Å². The number of hydrogen-bond acceptors (Lipinski definition) is 4. The van der Waals surface area contributed by atoms with E-state index in [2.05, 4.69) is 132 Å². The van der Waals surface area contributed by atoms with E-state index in [-0.39, 0.29) is 0 Å². The predicted octanol–water partition coefficient (Wildman–Crippen LogP) is 4.41. The topological polar surface area (TPSA) is 28.6 Å². The Balaban J connectivity index is 1.35. The number of hydrogen-bond donors (Lipinski definition) is 0. The predicted molar refractivity (Wildman–Crippen MR) is 158 cm³/mol. The number of benzene rings is 4. The van der Waals surface area contributed by atoms with Crippen LogP contribution in [-0.4, -0.2) is 36.9 Å². The number of nitrogens with zero attached hydrogens (tertiary/aromatic N) is 3. The van der Waals surface area contributed by atoms with E-state index in [1.165, 1.54) is 23.1 Å². The third kappa shape index (κ3) is 3.64. The van der Waals surface area contributed by atoms with Crippen molar-refractivity contribution < 1.29 is 4.74 Å². The zero-order valence-corrected chi connectivity index (χ0v) is 23.3. The number of ether oxygens (including phenoxy) is 1. The van der Waals surface area contributed by atoms with Gasteiger partial charge in [0, 0.05) is 0 Å². The van der Waals surface area contributed by atoms with Crippen LogP contribution in [0.2, 0.25) is 0 Å². The van der Waals surface area contributed by atoms with E-state index >= 15 is 0 Å². The summed E-state index contributed by atoms with van der Waals surface area (Å²) in [5, 5.41) is 0. The number of anilines is 1. The van der Waals surface area contributed by atoms with Gasteiger partial charge in [0.05, 0.1) is 0 Å². The minimum atomic E-state index is -3.23. The molecule has 184 valence electrons. The van der Waals surface area contributed by atoms with Gasteiger partial charge in [-0.05, 0) is 0 Å². The summed E-state index contributed by atoms with van der Waals surface area (Å²) >= 11 is -3.23. The van der Waals surface area contributed by atoms with Crippen molar-refractivity contribution in [1.82, 2.24) is 9.88 Å². The molecule has 4 aromatic carbocycles. The molecular formula is C33H27GeN3O. The van der Waals surface area contributed by atoms with Crippen LogP contribution in [0.15, 0.2) is 134 Å². The average molecular weight is 554 g/mol. The van der Waals surface area contributed by atoms with Crippen LogP contribution in [0.4, 0.5) is 5.69 Å². The fourth-order valence-corrected chi connectivity index (χ4v) is 16.6. The van der Waals surface area contributed by atoms with Gasteiger partial charge in [0.15, 0.2) is 0 Å². The summed E-state index contributed by atoms with van der Waals surface area (Å²) in [7, 11) is 2.07. The molecule has 0 amide bonds. The van der Waals surface area contributed by atoms with Gasteiger partial charge in [-0.15, -0.1) is 0 Å². The summed E-state index contributed by atoms with van der Waals surface area (Å²) in [5.74, 6) is 1.65. The Bertz CT molecular complexity index is 1610. The third-order valence-corrected chi connectivity index (χ3v) is 17.7. The van der Waals surface area contributed by atoms with Crippen molar-refractivity contribution in [2.75, 3.05) is 18.6 Å². The maximum atomic E-state index is 6.45. The van der Waals surface area contributed by atoms with E-state index in [9.17, 15) is 0 Å². The standard InChI is InChI=1S/C33H27GeN3O/c1-36-20-21-37(24-36)27-14-8-15-28(22-27)38-29-17-18-31-30(23-29)33-32(16-9-19-35-33)34(31,25-10-4-2-5-11-25)26-12-6-3-7-13-26/h2-23H,24H2,1H3. The van der Waals surface area contributed by atoms with Crippen LogP contribution in [0.5, 0.6) is 11.5 Å². The van der Waals surface area contributed by atoms with Crippen LogP contribution in [0, 0.1) is 0 Å². The number of pyridine rings is 1. The van der Waals surface area contributed by atoms with E-state index in [0.717, 1.165) is 29.5 Å². The second kappa shape index (κ2) is 9.23. The SMILES string of the molecule is CN1C=CN(c2cccc(Oc3cc[c]4c(c3)-c3nccc[c]3[Ge]4([c]3ccccc3)[c]3ccccc3)c2)C1. The fourth-order valence-electron chi connectivity index (χ4n) is 5.90. The van der Waals surface area contributed by atoms with Gasteiger partial charge >= 0.3 is 226 Å². The molecule has 0 saturated heterocycles. The second-order valence-corrected chi connectivity index (χ2v) is 17.7. The zero-order chi connectivity index (χ0) is 25.5. The molecule has 0 N–H and O–H groups in total. The Kier molecular flexibility index (Phi) is 5.55. The number of rotatable bonds is 5. The van der Waals surface area contributed by atoms with Crippen LogP contribution in [0.25, 0.3) is 11.3 Å².